The molecule has 2 aliphatic carbocycles. The Hall–Kier alpha value is -0.0400. The van der Waals surface area contributed by atoms with Gasteiger partial charge in [0.05, 0.1) is 6.10 Å². The molecule has 0 heterocycles. The van der Waals surface area contributed by atoms with Crippen molar-refractivity contribution in [3.63, 3.8) is 0 Å². The van der Waals surface area contributed by atoms with Crippen LogP contribution in [0, 0.1) is 29.6 Å². The van der Waals surface area contributed by atoms with Crippen LogP contribution in [0.5, 0.6) is 0 Å². The molecule has 2 saturated carbocycles. The van der Waals surface area contributed by atoms with Gasteiger partial charge in [-0.1, -0.05) is 40.0 Å². The molecule has 1 heteroatoms. The molecular formula is C18H34O. The second kappa shape index (κ2) is 7.11. The van der Waals surface area contributed by atoms with Crippen LogP contribution >= 0.6 is 0 Å². The second-order valence-corrected chi connectivity index (χ2v) is 7.60. The number of hydrogen-bond acceptors (Lipinski definition) is 1. The minimum absolute atomic E-state index is 0.00548. The molecule has 0 saturated heterocycles. The lowest BCUT2D eigenvalue weighted by Crippen LogP contribution is -2.35. The van der Waals surface area contributed by atoms with Gasteiger partial charge in [0.15, 0.2) is 0 Å². The number of aliphatic hydroxyl groups excluding tert-OH is 1. The first kappa shape index (κ1) is 15.4. The molecular weight excluding hydrogens is 232 g/mol. The first-order valence-corrected chi connectivity index (χ1v) is 8.79. The fourth-order valence-electron chi connectivity index (χ4n) is 4.48. The van der Waals surface area contributed by atoms with Crippen LogP contribution in [0.25, 0.3) is 0 Å². The highest BCUT2D eigenvalue weighted by Gasteiger charge is 2.33. The number of hydrogen-bond donors (Lipinski definition) is 1. The summed E-state index contributed by atoms with van der Waals surface area (Å²) in [7, 11) is 0. The Bertz CT molecular complexity index is 244. The van der Waals surface area contributed by atoms with E-state index in [1.165, 1.54) is 57.8 Å². The molecule has 0 radical (unpaired) electrons. The fraction of sp³-hybridized carbons (Fsp3) is 1.00. The van der Waals surface area contributed by atoms with Crippen molar-refractivity contribution in [1.82, 2.24) is 0 Å². The molecule has 2 rings (SSSR count). The maximum Gasteiger partial charge on any atom is 0.0596 e. The summed E-state index contributed by atoms with van der Waals surface area (Å²) in [5, 5.41) is 10.7. The van der Waals surface area contributed by atoms with Crippen molar-refractivity contribution < 1.29 is 5.11 Å². The van der Waals surface area contributed by atoms with Gasteiger partial charge in [-0.15, -0.1) is 0 Å². The van der Waals surface area contributed by atoms with Gasteiger partial charge in [-0.05, 0) is 68.1 Å². The predicted molar refractivity (Wildman–Crippen MR) is 82.0 cm³/mol. The Balaban J connectivity index is 1.77. The zero-order valence-corrected chi connectivity index (χ0v) is 13.3. The van der Waals surface area contributed by atoms with E-state index in [0.29, 0.717) is 11.8 Å². The third kappa shape index (κ3) is 3.97. The van der Waals surface area contributed by atoms with E-state index in [-0.39, 0.29) is 6.10 Å². The van der Waals surface area contributed by atoms with Crippen molar-refractivity contribution >= 4 is 0 Å². The van der Waals surface area contributed by atoms with Gasteiger partial charge in [0.2, 0.25) is 0 Å². The molecule has 0 aromatic rings. The highest BCUT2D eigenvalue weighted by molar-refractivity contribution is 4.85. The molecule has 0 aromatic carbocycles. The van der Waals surface area contributed by atoms with E-state index in [4.69, 9.17) is 0 Å². The van der Waals surface area contributed by atoms with Crippen molar-refractivity contribution in [2.75, 3.05) is 0 Å². The van der Waals surface area contributed by atoms with Gasteiger partial charge in [-0.25, -0.2) is 0 Å². The van der Waals surface area contributed by atoms with Crippen LogP contribution in [-0.4, -0.2) is 11.2 Å². The normalized spacial score (nSPS) is 38.4. The average molecular weight is 266 g/mol. The fourth-order valence-corrected chi connectivity index (χ4v) is 4.48. The van der Waals surface area contributed by atoms with E-state index in [0.717, 1.165) is 17.8 Å². The molecule has 19 heavy (non-hydrogen) atoms. The third-order valence-electron chi connectivity index (χ3n) is 6.19. The van der Waals surface area contributed by atoms with Gasteiger partial charge < -0.3 is 5.11 Å². The molecule has 1 nitrogen and oxygen atoms in total. The highest BCUT2D eigenvalue weighted by Crippen LogP contribution is 2.40. The second-order valence-electron chi connectivity index (χ2n) is 7.60. The molecule has 0 amide bonds. The molecule has 1 unspecified atom stereocenters. The van der Waals surface area contributed by atoms with Crippen LogP contribution in [0.15, 0.2) is 0 Å². The van der Waals surface area contributed by atoms with Crippen molar-refractivity contribution in [2.24, 2.45) is 29.6 Å². The molecule has 0 spiro atoms. The molecule has 1 atom stereocenters. The smallest absolute Gasteiger partial charge is 0.0596 e. The monoisotopic (exact) mass is 266 g/mol. The molecule has 0 bridgehead atoms. The van der Waals surface area contributed by atoms with Crippen LogP contribution in [0.1, 0.15) is 78.6 Å². The number of rotatable bonds is 4. The summed E-state index contributed by atoms with van der Waals surface area (Å²) in [6, 6.07) is 0. The minimum Gasteiger partial charge on any atom is -0.393 e. The Labute approximate surface area is 120 Å². The van der Waals surface area contributed by atoms with Crippen LogP contribution in [0.4, 0.5) is 0 Å². The molecule has 0 aromatic heterocycles. The van der Waals surface area contributed by atoms with Gasteiger partial charge in [0, 0.05) is 0 Å². The first-order valence-electron chi connectivity index (χ1n) is 8.79. The summed E-state index contributed by atoms with van der Waals surface area (Å²) < 4.78 is 0. The molecule has 1 N–H and O–H groups in total. The lowest BCUT2D eigenvalue weighted by atomic mass is 9.70. The summed E-state index contributed by atoms with van der Waals surface area (Å²) in [5.74, 6) is 3.92. The van der Waals surface area contributed by atoms with Gasteiger partial charge in [-0.2, -0.15) is 0 Å². The maximum atomic E-state index is 10.7. The maximum absolute atomic E-state index is 10.7. The summed E-state index contributed by atoms with van der Waals surface area (Å²) >= 11 is 0. The van der Waals surface area contributed by atoms with E-state index >= 15 is 0 Å². The zero-order valence-electron chi connectivity index (χ0n) is 13.3. The van der Waals surface area contributed by atoms with Crippen LogP contribution in [0.2, 0.25) is 0 Å². The van der Waals surface area contributed by atoms with E-state index < -0.39 is 0 Å². The van der Waals surface area contributed by atoms with Crippen LogP contribution in [-0.2, 0) is 0 Å². The quantitative estimate of drug-likeness (QED) is 0.757. The van der Waals surface area contributed by atoms with E-state index in [1.807, 2.05) is 0 Å². The van der Waals surface area contributed by atoms with Gasteiger partial charge in [-0.3, -0.25) is 0 Å². The van der Waals surface area contributed by atoms with Crippen molar-refractivity contribution in [3.05, 3.63) is 0 Å². The van der Waals surface area contributed by atoms with Crippen molar-refractivity contribution in [2.45, 2.75) is 84.7 Å². The lowest BCUT2D eigenvalue weighted by Gasteiger charge is -2.38. The van der Waals surface area contributed by atoms with Gasteiger partial charge in [0.1, 0.15) is 0 Å². The van der Waals surface area contributed by atoms with E-state index in [2.05, 4.69) is 20.8 Å². The van der Waals surface area contributed by atoms with Gasteiger partial charge in [0.25, 0.3) is 0 Å². The van der Waals surface area contributed by atoms with E-state index in [1.54, 1.807) is 0 Å². The Morgan fingerprint density at radius 3 is 1.63 bits per heavy atom. The molecule has 112 valence electrons. The summed E-state index contributed by atoms with van der Waals surface area (Å²) in [5.41, 5.74) is 0. The largest absolute Gasteiger partial charge is 0.393 e. The summed E-state index contributed by atoms with van der Waals surface area (Å²) in [4.78, 5) is 0. The minimum atomic E-state index is 0.00548. The predicted octanol–water partition coefficient (Wildman–Crippen LogP) is 5.03. The van der Waals surface area contributed by atoms with Crippen molar-refractivity contribution in [1.29, 1.82) is 0 Å². The summed E-state index contributed by atoms with van der Waals surface area (Å²) in [6.07, 6.45) is 11.9. The topological polar surface area (TPSA) is 20.2 Å². The third-order valence-corrected chi connectivity index (χ3v) is 6.19. The first-order chi connectivity index (χ1) is 9.11. The number of aliphatic hydroxyl groups is 1. The Morgan fingerprint density at radius 2 is 1.21 bits per heavy atom. The summed E-state index contributed by atoms with van der Waals surface area (Å²) in [6.45, 7) is 7.02. The SMILES string of the molecule is CCC1CCC(C(O)C2CCC(C(C)C)CC2)CC1. The lowest BCUT2D eigenvalue weighted by molar-refractivity contribution is 0.00327. The molecule has 0 aliphatic heterocycles. The molecule has 2 aliphatic rings. The Kier molecular flexibility index (Phi) is 5.74. The Morgan fingerprint density at radius 1 is 0.789 bits per heavy atom. The average Bonchev–Trinajstić information content (AvgIpc) is 2.46. The van der Waals surface area contributed by atoms with E-state index in [9.17, 15) is 5.11 Å². The standard InChI is InChI=1S/C18H34O/c1-4-14-5-7-16(8-6-14)18(19)17-11-9-15(10-12-17)13(2)3/h13-19H,4-12H2,1-3H3. The molecule has 2 fully saturated rings. The highest BCUT2D eigenvalue weighted by atomic mass is 16.3. The van der Waals surface area contributed by atoms with Crippen LogP contribution < -0.4 is 0 Å². The van der Waals surface area contributed by atoms with Crippen molar-refractivity contribution in [3.8, 4) is 0 Å². The zero-order chi connectivity index (χ0) is 13.8. The van der Waals surface area contributed by atoms with Crippen LogP contribution in [0.3, 0.4) is 0 Å². The van der Waals surface area contributed by atoms with Gasteiger partial charge >= 0.3 is 0 Å².